The number of nitro groups is 1. The summed E-state index contributed by atoms with van der Waals surface area (Å²) in [5, 5.41) is 13.9. The highest BCUT2D eigenvalue weighted by Crippen LogP contribution is 2.29. The molecule has 0 spiro atoms. The number of anilines is 1. The average molecular weight is 256 g/mol. The smallest absolute Gasteiger partial charge is 0.289 e. The van der Waals surface area contributed by atoms with Crippen LogP contribution in [0.4, 0.5) is 11.5 Å². The maximum absolute atomic E-state index is 10.5. The van der Waals surface area contributed by atoms with Crippen molar-refractivity contribution >= 4 is 23.1 Å². The molecule has 1 aromatic rings. The van der Waals surface area contributed by atoms with Crippen LogP contribution in [-0.4, -0.2) is 16.5 Å². The lowest BCUT2D eigenvalue weighted by molar-refractivity contribution is -0.385. The first-order valence-electron chi connectivity index (χ1n) is 5.70. The van der Waals surface area contributed by atoms with E-state index in [-0.39, 0.29) is 5.69 Å². The zero-order valence-electron chi connectivity index (χ0n) is 9.36. The van der Waals surface area contributed by atoms with E-state index in [2.05, 4.69) is 10.3 Å². The molecule has 17 heavy (non-hydrogen) atoms. The molecule has 92 valence electrons. The van der Waals surface area contributed by atoms with Gasteiger partial charge in [0, 0.05) is 12.6 Å². The summed E-state index contributed by atoms with van der Waals surface area (Å²) in [5.41, 5.74) is -0.0838. The zero-order valence-corrected chi connectivity index (χ0v) is 10.1. The van der Waals surface area contributed by atoms with Gasteiger partial charge in [-0.05, 0) is 12.3 Å². The molecule has 5 nitrogen and oxygen atoms in total. The third kappa shape index (κ3) is 3.06. The lowest BCUT2D eigenvalue weighted by Crippen LogP contribution is -2.16. The van der Waals surface area contributed by atoms with Crippen molar-refractivity contribution in [1.82, 2.24) is 4.98 Å². The Kier molecular flexibility index (Phi) is 3.78. The number of hydrogen-bond donors (Lipinski definition) is 1. The van der Waals surface area contributed by atoms with Crippen molar-refractivity contribution in [2.45, 2.75) is 25.7 Å². The topological polar surface area (TPSA) is 68.1 Å². The number of nitrogens with zero attached hydrogens (tertiary/aromatic N) is 2. The van der Waals surface area contributed by atoms with E-state index in [0.717, 1.165) is 18.9 Å². The van der Waals surface area contributed by atoms with Crippen molar-refractivity contribution in [2.24, 2.45) is 5.92 Å². The molecule has 0 atom stereocenters. The molecule has 2 rings (SSSR count). The Labute approximate surface area is 104 Å². The number of aromatic nitrogens is 1. The van der Waals surface area contributed by atoms with E-state index in [9.17, 15) is 10.1 Å². The molecule has 1 N–H and O–H groups in total. The standard InChI is InChI=1S/C11H14ClN3O2/c12-10-6-9(15(16)17)7-14-11(10)13-5-4-8-2-1-3-8/h6-8H,1-5H2,(H,13,14). The monoisotopic (exact) mass is 255 g/mol. The van der Waals surface area contributed by atoms with Crippen LogP contribution in [0.15, 0.2) is 12.3 Å². The van der Waals surface area contributed by atoms with Crippen LogP contribution in [0, 0.1) is 16.0 Å². The van der Waals surface area contributed by atoms with Gasteiger partial charge in [0.05, 0.1) is 9.95 Å². The van der Waals surface area contributed by atoms with Gasteiger partial charge in [-0.3, -0.25) is 10.1 Å². The number of pyridine rings is 1. The van der Waals surface area contributed by atoms with E-state index in [0.29, 0.717) is 10.8 Å². The quantitative estimate of drug-likeness (QED) is 0.648. The molecule has 1 aliphatic rings. The molecular formula is C11H14ClN3O2. The molecule has 0 radical (unpaired) electrons. The Balaban J connectivity index is 1.89. The van der Waals surface area contributed by atoms with Gasteiger partial charge in [-0.1, -0.05) is 30.9 Å². The summed E-state index contributed by atoms with van der Waals surface area (Å²) in [6, 6.07) is 1.32. The van der Waals surface area contributed by atoms with E-state index >= 15 is 0 Å². The molecule has 0 amide bonds. The minimum atomic E-state index is -0.503. The molecule has 1 heterocycles. The highest BCUT2D eigenvalue weighted by molar-refractivity contribution is 6.33. The highest BCUT2D eigenvalue weighted by atomic mass is 35.5. The van der Waals surface area contributed by atoms with Gasteiger partial charge in [0.2, 0.25) is 0 Å². The molecule has 0 aliphatic heterocycles. The lowest BCUT2D eigenvalue weighted by Gasteiger charge is -2.25. The van der Waals surface area contributed by atoms with Gasteiger partial charge in [-0.25, -0.2) is 4.98 Å². The summed E-state index contributed by atoms with van der Waals surface area (Å²) < 4.78 is 0. The van der Waals surface area contributed by atoms with Gasteiger partial charge in [-0.15, -0.1) is 0 Å². The Hall–Kier alpha value is -1.36. The molecule has 1 saturated carbocycles. The molecule has 0 bridgehead atoms. The first kappa shape index (κ1) is 12.1. The maximum atomic E-state index is 10.5. The minimum absolute atomic E-state index is 0.0838. The Bertz CT molecular complexity index is 421. The zero-order chi connectivity index (χ0) is 12.3. The fourth-order valence-corrected chi connectivity index (χ4v) is 2.06. The van der Waals surface area contributed by atoms with E-state index in [1.165, 1.54) is 31.5 Å². The summed E-state index contributed by atoms with van der Waals surface area (Å²) in [6.07, 6.45) is 6.28. The van der Waals surface area contributed by atoms with Gasteiger partial charge in [0.1, 0.15) is 12.0 Å². The fourth-order valence-electron chi connectivity index (χ4n) is 1.83. The number of nitrogens with one attached hydrogen (secondary N) is 1. The molecule has 1 aromatic heterocycles. The summed E-state index contributed by atoms with van der Waals surface area (Å²) >= 11 is 5.91. The van der Waals surface area contributed by atoms with Gasteiger partial charge in [0.15, 0.2) is 0 Å². The van der Waals surface area contributed by atoms with Crippen LogP contribution < -0.4 is 5.32 Å². The normalized spacial score (nSPS) is 15.4. The van der Waals surface area contributed by atoms with Gasteiger partial charge < -0.3 is 5.32 Å². The summed E-state index contributed by atoms with van der Waals surface area (Å²) in [6.45, 7) is 0.815. The first-order chi connectivity index (χ1) is 8.16. The number of halogens is 1. The molecule has 1 aliphatic carbocycles. The average Bonchev–Trinajstić information content (AvgIpc) is 2.23. The second-order valence-corrected chi connectivity index (χ2v) is 4.70. The van der Waals surface area contributed by atoms with Crippen molar-refractivity contribution in [2.75, 3.05) is 11.9 Å². The number of hydrogen-bond acceptors (Lipinski definition) is 4. The van der Waals surface area contributed by atoms with Crippen LogP contribution in [0.2, 0.25) is 5.02 Å². The third-order valence-electron chi connectivity index (χ3n) is 3.11. The van der Waals surface area contributed by atoms with E-state index in [1.807, 2.05) is 0 Å². The van der Waals surface area contributed by atoms with Crippen LogP contribution in [0.25, 0.3) is 0 Å². The Morgan fingerprint density at radius 1 is 1.59 bits per heavy atom. The van der Waals surface area contributed by atoms with Gasteiger partial charge >= 0.3 is 0 Å². The highest BCUT2D eigenvalue weighted by Gasteiger charge is 2.17. The molecular weight excluding hydrogens is 242 g/mol. The van der Waals surface area contributed by atoms with Crippen LogP contribution in [0.5, 0.6) is 0 Å². The number of rotatable bonds is 5. The van der Waals surface area contributed by atoms with Crippen LogP contribution in [0.1, 0.15) is 25.7 Å². The summed E-state index contributed by atoms with van der Waals surface area (Å²) in [7, 11) is 0. The molecule has 1 fully saturated rings. The van der Waals surface area contributed by atoms with E-state index in [1.54, 1.807) is 0 Å². The SMILES string of the molecule is O=[N+]([O-])c1cnc(NCCC2CCC2)c(Cl)c1. The van der Waals surface area contributed by atoms with Crippen LogP contribution in [0.3, 0.4) is 0 Å². The molecule has 0 unspecified atom stereocenters. The fraction of sp³-hybridized carbons (Fsp3) is 0.545. The Morgan fingerprint density at radius 2 is 2.35 bits per heavy atom. The van der Waals surface area contributed by atoms with Crippen molar-refractivity contribution in [3.8, 4) is 0 Å². The molecule has 0 aromatic carbocycles. The largest absolute Gasteiger partial charge is 0.369 e. The Morgan fingerprint density at radius 3 is 2.88 bits per heavy atom. The van der Waals surface area contributed by atoms with Crippen LogP contribution in [-0.2, 0) is 0 Å². The second-order valence-electron chi connectivity index (χ2n) is 4.29. The van der Waals surface area contributed by atoms with Crippen molar-refractivity contribution < 1.29 is 4.92 Å². The third-order valence-corrected chi connectivity index (χ3v) is 3.40. The predicted molar refractivity (Wildman–Crippen MR) is 66.3 cm³/mol. The van der Waals surface area contributed by atoms with Gasteiger partial charge in [-0.2, -0.15) is 0 Å². The predicted octanol–water partition coefficient (Wildman–Crippen LogP) is 3.25. The van der Waals surface area contributed by atoms with Gasteiger partial charge in [0.25, 0.3) is 5.69 Å². The maximum Gasteiger partial charge on any atom is 0.289 e. The molecule has 0 saturated heterocycles. The minimum Gasteiger partial charge on any atom is -0.369 e. The summed E-state index contributed by atoms with van der Waals surface area (Å²) in [4.78, 5) is 14.0. The van der Waals surface area contributed by atoms with E-state index in [4.69, 9.17) is 11.6 Å². The van der Waals surface area contributed by atoms with Crippen molar-refractivity contribution in [3.63, 3.8) is 0 Å². The second kappa shape index (κ2) is 5.31. The van der Waals surface area contributed by atoms with Crippen molar-refractivity contribution in [3.05, 3.63) is 27.4 Å². The lowest BCUT2D eigenvalue weighted by atomic mass is 9.83. The van der Waals surface area contributed by atoms with Crippen molar-refractivity contribution in [1.29, 1.82) is 0 Å². The molecule has 6 heteroatoms. The van der Waals surface area contributed by atoms with E-state index < -0.39 is 4.92 Å². The van der Waals surface area contributed by atoms with Crippen LogP contribution >= 0.6 is 11.6 Å². The first-order valence-corrected chi connectivity index (χ1v) is 6.08. The summed E-state index contributed by atoms with van der Waals surface area (Å²) in [5.74, 6) is 1.34.